The van der Waals surface area contributed by atoms with E-state index in [0.717, 1.165) is 11.4 Å². The highest BCUT2D eigenvalue weighted by atomic mass is 16.3. The average molecular weight is 331 g/mol. The fourth-order valence-corrected chi connectivity index (χ4v) is 2.49. The van der Waals surface area contributed by atoms with Crippen molar-refractivity contribution in [3.8, 4) is 0 Å². The lowest BCUT2D eigenvalue weighted by molar-refractivity contribution is 0.155. The van der Waals surface area contributed by atoms with Gasteiger partial charge < -0.3 is 10.4 Å². The summed E-state index contributed by atoms with van der Waals surface area (Å²) in [6.45, 7) is 6.12. The van der Waals surface area contributed by atoms with Gasteiger partial charge in [0, 0.05) is 12.3 Å². The molecule has 0 spiro atoms. The van der Waals surface area contributed by atoms with Gasteiger partial charge in [0.05, 0.1) is 30.1 Å². The number of carbonyl (C=O) groups excluding carboxylic acids is 1. The molecule has 0 aliphatic heterocycles. The quantitative estimate of drug-likeness (QED) is 0.726. The van der Waals surface area contributed by atoms with Gasteiger partial charge in [-0.2, -0.15) is 5.10 Å². The lowest BCUT2D eigenvalue weighted by Gasteiger charge is -2.30. The fourth-order valence-electron chi connectivity index (χ4n) is 2.49. The minimum atomic E-state index is -0.606. The number of nitrogens with one attached hydrogen (secondary N) is 2. The highest BCUT2D eigenvalue weighted by Gasteiger charge is 2.27. The number of aryl methyl sites for hydroxylation is 1. The molecule has 3 N–H and O–H groups in total. The van der Waals surface area contributed by atoms with E-state index < -0.39 is 5.54 Å². The summed E-state index contributed by atoms with van der Waals surface area (Å²) in [5.74, 6) is 0.592. The maximum atomic E-state index is 12.3. The number of carbonyl (C=O) groups is 1. The zero-order chi connectivity index (χ0) is 17.6. The molecule has 7 nitrogen and oxygen atoms in total. The lowest BCUT2D eigenvalue weighted by Crippen LogP contribution is -2.52. The number of urea groups is 1. The summed E-state index contributed by atoms with van der Waals surface area (Å²) in [5.41, 5.74) is 1.06. The normalized spacial score (nSPS) is 11.3. The van der Waals surface area contributed by atoms with E-state index >= 15 is 0 Å². The predicted octanol–water partition coefficient (Wildman–Crippen LogP) is 2.31. The number of aliphatic hydroxyl groups is 1. The zero-order valence-electron chi connectivity index (χ0n) is 14.4. The van der Waals surface area contributed by atoms with Gasteiger partial charge >= 0.3 is 6.03 Å². The molecule has 0 fully saturated rings. The third kappa shape index (κ3) is 4.32. The molecule has 0 aliphatic rings. The van der Waals surface area contributed by atoms with Crippen LogP contribution in [0.4, 0.5) is 10.6 Å². The number of anilines is 1. The van der Waals surface area contributed by atoms with Crippen LogP contribution in [0.15, 0.2) is 30.5 Å². The summed E-state index contributed by atoms with van der Waals surface area (Å²) in [7, 11) is 0. The number of pyridine rings is 1. The van der Waals surface area contributed by atoms with Gasteiger partial charge in [-0.1, -0.05) is 19.9 Å². The number of hydrogen-bond donors (Lipinski definition) is 3. The lowest BCUT2D eigenvalue weighted by atomic mass is 9.94. The number of amides is 2. The molecule has 7 heteroatoms. The smallest absolute Gasteiger partial charge is 0.320 e. The van der Waals surface area contributed by atoms with Crippen molar-refractivity contribution in [1.82, 2.24) is 20.1 Å². The Morgan fingerprint density at radius 2 is 2.08 bits per heavy atom. The third-order valence-corrected chi connectivity index (χ3v) is 4.22. The number of hydrogen-bond acceptors (Lipinski definition) is 4. The second-order valence-corrected chi connectivity index (χ2v) is 5.87. The standard InChI is InChI=1S/C17H25N5O2/c1-4-17(5-2,12-23)20-16(24)19-15-10-13(3)21-22(15)11-14-8-6-7-9-18-14/h6-10,23H,4-5,11-12H2,1-3H3,(H2,19,20,24). The maximum absolute atomic E-state index is 12.3. The molecular formula is C17H25N5O2. The van der Waals surface area contributed by atoms with Gasteiger partial charge in [-0.25, -0.2) is 9.48 Å². The Morgan fingerprint density at radius 3 is 2.67 bits per heavy atom. The molecule has 0 atom stereocenters. The van der Waals surface area contributed by atoms with E-state index in [2.05, 4.69) is 20.7 Å². The van der Waals surface area contributed by atoms with E-state index in [0.29, 0.717) is 25.2 Å². The van der Waals surface area contributed by atoms with Crippen molar-refractivity contribution in [3.63, 3.8) is 0 Å². The first kappa shape index (κ1) is 17.9. The summed E-state index contributed by atoms with van der Waals surface area (Å²) in [4.78, 5) is 16.6. The van der Waals surface area contributed by atoms with Crippen molar-refractivity contribution in [2.75, 3.05) is 11.9 Å². The molecule has 0 saturated carbocycles. The largest absolute Gasteiger partial charge is 0.394 e. The van der Waals surface area contributed by atoms with Crippen LogP contribution in [0.25, 0.3) is 0 Å². The molecule has 0 radical (unpaired) electrons. The summed E-state index contributed by atoms with van der Waals surface area (Å²) < 4.78 is 1.70. The molecule has 2 aromatic rings. The molecule has 0 aromatic carbocycles. The summed E-state index contributed by atoms with van der Waals surface area (Å²) in [6, 6.07) is 7.13. The van der Waals surface area contributed by atoms with Crippen molar-refractivity contribution >= 4 is 11.8 Å². The van der Waals surface area contributed by atoms with Crippen LogP contribution in [0.1, 0.15) is 38.1 Å². The minimum absolute atomic E-state index is 0.0976. The third-order valence-electron chi connectivity index (χ3n) is 4.22. The maximum Gasteiger partial charge on any atom is 0.320 e. The highest BCUT2D eigenvalue weighted by molar-refractivity contribution is 5.89. The van der Waals surface area contributed by atoms with Gasteiger partial charge in [0.1, 0.15) is 5.82 Å². The van der Waals surface area contributed by atoms with Gasteiger partial charge in [0.15, 0.2) is 0 Å². The Kier molecular flexibility index (Phi) is 5.92. The van der Waals surface area contributed by atoms with Crippen LogP contribution >= 0.6 is 0 Å². The molecule has 2 heterocycles. The molecule has 0 bridgehead atoms. The minimum Gasteiger partial charge on any atom is -0.394 e. The van der Waals surface area contributed by atoms with Crippen LogP contribution in [0.5, 0.6) is 0 Å². The molecule has 24 heavy (non-hydrogen) atoms. The first-order valence-electron chi connectivity index (χ1n) is 8.16. The van der Waals surface area contributed by atoms with Crippen molar-refractivity contribution in [2.24, 2.45) is 0 Å². The molecule has 0 aliphatic carbocycles. The SMILES string of the molecule is CCC(CC)(CO)NC(=O)Nc1cc(C)nn1Cc1ccccn1. The second kappa shape index (κ2) is 7.92. The van der Waals surface area contributed by atoms with E-state index in [-0.39, 0.29) is 12.6 Å². The van der Waals surface area contributed by atoms with Crippen molar-refractivity contribution in [1.29, 1.82) is 0 Å². The topological polar surface area (TPSA) is 92.1 Å². The van der Waals surface area contributed by atoms with E-state index in [1.807, 2.05) is 39.0 Å². The molecule has 0 saturated heterocycles. The summed E-state index contributed by atoms with van der Waals surface area (Å²) >= 11 is 0. The molecule has 2 amide bonds. The molecule has 130 valence electrons. The van der Waals surface area contributed by atoms with Crippen LogP contribution in [0, 0.1) is 6.92 Å². The number of aromatic nitrogens is 3. The monoisotopic (exact) mass is 331 g/mol. The van der Waals surface area contributed by atoms with Gasteiger partial charge in [-0.3, -0.25) is 10.3 Å². The number of nitrogens with zero attached hydrogens (tertiary/aromatic N) is 3. The van der Waals surface area contributed by atoms with E-state index in [4.69, 9.17) is 0 Å². The fraction of sp³-hybridized carbons (Fsp3) is 0.471. The summed E-state index contributed by atoms with van der Waals surface area (Å²) in [5, 5.41) is 19.7. The first-order valence-corrected chi connectivity index (χ1v) is 8.16. The number of aliphatic hydroxyl groups excluding tert-OH is 1. The summed E-state index contributed by atoms with van der Waals surface area (Å²) in [6.07, 6.45) is 3.03. The number of rotatable bonds is 7. The van der Waals surface area contributed by atoms with Crippen LogP contribution in [-0.4, -0.2) is 38.0 Å². The Hall–Kier alpha value is -2.41. The Labute approximate surface area is 142 Å². The van der Waals surface area contributed by atoms with Crippen LogP contribution in [-0.2, 0) is 6.54 Å². The van der Waals surface area contributed by atoms with E-state index in [1.165, 1.54) is 0 Å². The van der Waals surface area contributed by atoms with E-state index in [9.17, 15) is 9.90 Å². The Balaban J connectivity index is 2.11. The van der Waals surface area contributed by atoms with Gasteiger partial charge in [0.2, 0.25) is 0 Å². The average Bonchev–Trinajstić information content (AvgIpc) is 2.92. The Morgan fingerprint density at radius 1 is 1.33 bits per heavy atom. The van der Waals surface area contributed by atoms with Crippen LogP contribution in [0.3, 0.4) is 0 Å². The molecule has 2 rings (SSSR count). The van der Waals surface area contributed by atoms with Gasteiger partial charge in [0.25, 0.3) is 0 Å². The molecule has 0 unspecified atom stereocenters. The Bertz CT molecular complexity index is 657. The van der Waals surface area contributed by atoms with Crippen molar-refractivity contribution in [2.45, 2.75) is 45.7 Å². The van der Waals surface area contributed by atoms with Gasteiger partial charge in [-0.05, 0) is 31.9 Å². The van der Waals surface area contributed by atoms with Crippen LogP contribution in [0.2, 0.25) is 0 Å². The van der Waals surface area contributed by atoms with Crippen LogP contribution < -0.4 is 10.6 Å². The second-order valence-electron chi connectivity index (χ2n) is 5.87. The van der Waals surface area contributed by atoms with Crippen molar-refractivity contribution < 1.29 is 9.90 Å². The molecular weight excluding hydrogens is 306 g/mol. The first-order chi connectivity index (χ1) is 11.5. The van der Waals surface area contributed by atoms with Gasteiger partial charge in [-0.15, -0.1) is 0 Å². The highest BCUT2D eigenvalue weighted by Crippen LogP contribution is 2.16. The van der Waals surface area contributed by atoms with E-state index in [1.54, 1.807) is 16.9 Å². The predicted molar refractivity (Wildman–Crippen MR) is 92.9 cm³/mol. The zero-order valence-corrected chi connectivity index (χ0v) is 14.4. The van der Waals surface area contributed by atoms with Crippen molar-refractivity contribution in [3.05, 3.63) is 41.9 Å². The molecule has 2 aromatic heterocycles.